The molecule has 18 heavy (non-hydrogen) atoms. The topological polar surface area (TPSA) is 111 Å². The van der Waals surface area contributed by atoms with Crippen molar-refractivity contribution in [2.45, 2.75) is 24.9 Å². The molecule has 3 atom stereocenters. The number of hydrogen-bond donors (Lipinski definition) is 3. The van der Waals surface area contributed by atoms with Crippen molar-refractivity contribution < 1.29 is 14.9 Å². The lowest BCUT2D eigenvalue weighted by molar-refractivity contribution is -0.0458. The molecule has 0 saturated carbocycles. The molecular formula is C10H16ClN3O4. The van der Waals surface area contributed by atoms with Crippen molar-refractivity contribution in [3.05, 3.63) is 22.7 Å². The Balaban J connectivity index is 0.000000771. The van der Waals surface area contributed by atoms with Gasteiger partial charge in [0.1, 0.15) is 18.1 Å². The third-order valence-electron chi connectivity index (χ3n) is 2.55. The molecule has 2 rings (SSSR count). The van der Waals surface area contributed by atoms with E-state index in [9.17, 15) is 9.90 Å². The molecule has 8 heteroatoms. The Hall–Kier alpha value is -1.15. The molecule has 2 heterocycles. The summed E-state index contributed by atoms with van der Waals surface area (Å²) in [6.07, 6.45) is 1.14. The van der Waals surface area contributed by atoms with Gasteiger partial charge in [-0.25, -0.2) is 4.79 Å². The lowest BCUT2D eigenvalue weighted by Crippen LogP contribution is -2.27. The highest BCUT2D eigenvalue weighted by atomic mass is 35.5. The van der Waals surface area contributed by atoms with E-state index < -0.39 is 24.1 Å². The minimum Gasteiger partial charge on any atom is -0.394 e. The molecule has 3 unspecified atom stereocenters. The van der Waals surface area contributed by atoms with Crippen molar-refractivity contribution >= 4 is 17.4 Å². The molecule has 1 saturated heterocycles. The fraction of sp³-hybridized carbons (Fsp3) is 0.600. The summed E-state index contributed by atoms with van der Waals surface area (Å²) in [7, 11) is 0. The van der Waals surface area contributed by atoms with E-state index in [2.05, 4.69) is 16.6 Å². The van der Waals surface area contributed by atoms with Crippen molar-refractivity contribution in [3.63, 3.8) is 0 Å². The molecule has 102 valence electrons. The fourth-order valence-electron chi connectivity index (χ4n) is 1.70. The molecule has 4 N–H and O–H groups in total. The van der Waals surface area contributed by atoms with E-state index in [0.717, 1.165) is 0 Å². The highest BCUT2D eigenvalue weighted by Gasteiger charge is 2.34. The second kappa shape index (κ2) is 6.69. The maximum atomic E-state index is 11.5. The van der Waals surface area contributed by atoms with Crippen molar-refractivity contribution in [1.82, 2.24) is 9.55 Å². The van der Waals surface area contributed by atoms with E-state index in [1.54, 1.807) is 0 Å². The molecule has 1 aliphatic heterocycles. The summed E-state index contributed by atoms with van der Waals surface area (Å²) in [5.74, 6) is 0.138. The highest BCUT2D eigenvalue weighted by Crippen LogP contribution is 2.27. The molecule has 7 nitrogen and oxygen atoms in total. The Bertz CT molecular complexity index is 439. The van der Waals surface area contributed by atoms with Crippen LogP contribution in [0.3, 0.4) is 0 Å². The summed E-state index contributed by atoms with van der Waals surface area (Å²) in [6.45, 7) is -0.283. The SMILES string of the molecule is CCl.Nc1ccn(C2CC(O)C(CO)O2)c(=O)n1. The molecule has 1 aromatic heterocycles. The number of aliphatic hydroxyl groups excluding tert-OH is 2. The first-order valence-corrected chi connectivity index (χ1v) is 6.04. The summed E-state index contributed by atoms with van der Waals surface area (Å²) in [4.78, 5) is 15.0. The van der Waals surface area contributed by atoms with Gasteiger partial charge >= 0.3 is 5.69 Å². The quantitative estimate of drug-likeness (QED) is 0.618. The summed E-state index contributed by atoms with van der Waals surface area (Å²) < 4.78 is 6.56. The molecule has 0 aliphatic carbocycles. The average Bonchev–Trinajstić information content (AvgIpc) is 2.73. The van der Waals surface area contributed by atoms with E-state index in [1.165, 1.54) is 23.2 Å². The molecule has 1 aromatic rings. The zero-order valence-electron chi connectivity index (χ0n) is 9.86. The second-order valence-electron chi connectivity index (χ2n) is 3.66. The number of aliphatic hydroxyl groups is 2. The van der Waals surface area contributed by atoms with Crippen LogP contribution in [0.4, 0.5) is 5.82 Å². The van der Waals surface area contributed by atoms with Crippen molar-refractivity contribution in [2.75, 3.05) is 18.7 Å². The van der Waals surface area contributed by atoms with Crippen LogP contribution < -0.4 is 11.4 Å². The Kier molecular flexibility index (Phi) is 5.54. The van der Waals surface area contributed by atoms with Crippen molar-refractivity contribution in [2.24, 2.45) is 0 Å². The van der Waals surface area contributed by atoms with Crippen LogP contribution in [0.25, 0.3) is 0 Å². The number of nitrogens with zero attached hydrogens (tertiary/aromatic N) is 2. The lowest BCUT2D eigenvalue weighted by Gasteiger charge is -2.13. The van der Waals surface area contributed by atoms with Gasteiger partial charge in [-0.3, -0.25) is 4.57 Å². The van der Waals surface area contributed by atoms with Gasteiger partial charge in [0.15, 0.2) is 0 Å². The van der Waals surface area contributed by atoms with Gasteiger partial charge < -0.3 is 20.7 Å². The molecule has 0 radical (unpaired) electrons. The van der Waals surface area contributed by atoms with Crippen LogP contribution >= 0.6 is 11.6 Å². The zero-order chi connectivity index (χ0) is 13.7. The molecular weight excluding hydrogens is 262 g/mol. The number of nitrogen functional groups attached to an aromatic ring is 1. The Morgan fingerprint density at radius 3 is 2.83 bits per heavy atom. The van der Waals surface area contributed by atoms with Crippen LogP contribution in [0.1, 0.15) is 12.6 Å². The third-order valence-corrected chi connectivity index (χ3v) is 2.55. The maximum absolute atomic E-state index is 11.5. The largest absolute Gasteiger partial charge is 0.394 e. The number of halogens is 1. The van der Waals surface area contributed by atoms with Gasteiger partial charge in [0, 0.05) is 19.0 Å². The summed E-state index contributed by atoms with van der Waals surface area (Å²) in [5, 5.41) is 18.4. The number of nitrogens with two attached hydrogens (primary N) is 1. The van der Waals surface area contributed by atoms with Crippen LogP contribution in [-0.2, 0) is 4.74 Å². The monoisotopic (exact) mass is 277 g/mol. The summed E-state index contributed by atoms with van der Waals surface area (Å²) in [5.41, 5.74) is 4.82. The van der Waals surface area contributed by atoms with Gasteiger partial charge in [-0.15, -0.1) is 11.6 Å². The second-order valence-corrected chi connectivity index (χ2v) is 3.66. The lowest BCUT2D eigenvalue weighted by atomic mass is 10.2. The van der Waals surface area contributed by atoms with E-state index in [1.807, 2.05) is 0 Å². The first-order chi connectivity index (χ1) is 8.61. The molecule has 1 fully saturated rings. The average molecular weight is 278 g/mol. The van der Waals surface area contributed by atoms with Gasteiger partial charge in [0.05, 0.1) is 12.7 Å². The fourth-order valence-corrected chi connectivity index (χ4v) is 1.70. The Morgan fingerprint density at radius 1 is 1.67 bits per heavy atom. The van der Waals surface area contributed by atoms with Crippen LogP contribution in [0, 0.1) is 0 Å². The number of ether oxygens (including phenoxy) is 1. The van der Waals surface area contributed by atoms with Gasteiger partial charge in [-0.2, -0.15) is 4.98 Å². The van der Waals surface area contributed by atoms with Crippen LogP contribution in [-0.4, -0.2) is 45.0 Å². The minimum absolute atomic E-state index is 0.138. The standard InChI is InChI=1S/C9H13N3O4.CH3Cl/c10-7-1-2-12(9(15)11-7)8-3-5(14)6(4-13)16-8;1-2/h1-2,5-6,8,13-14H,3-4H2,(H2,10,11,15);1H3. The molecule has 0 aromatic carbocycles. The number of anilines is 1. The van der Waals surface area contributed by atoms with Crippen molar-refractivity contribution in [1.29, 1.82) is 0 Å². The van der Waals surface area contributed by atoms with E-state index >= 15 is 0 Å². The highest BCUT2D eigenvalue weighted by molar-refractivity contribution is 6.15. The molecule has 1 aliphatic rings. The summed E-state index contributed by atoms with van der Waals surface area (Å²) >= 11 is 4.64. The number of rotatable bonds is 2. The third kappa shape index (κ3) is 3.20. The van der Waals surface area contributed by atoms with Gasteiger partial charge in [-0.05, 0) is 6.07 Å². The van der Waals surface area contributed by atoms with Crippen LogP contribution in [0.5, 0.6) is 0 Å². The van der Waals surface area contributed by atoms with E-state index in [-0.39, 0.29) is 18.8 Å². The first kappa shape index (κ1) is 14.9. The number of hydrogen-bond acceptors (Lipinski definition) is 6. The Labute approximate surface area is 109 Å². The molecule has 0 bridgehead atoms. The zero-order valence-corrected chi connectivity index (χ0v) is 10.6. The first-order valence-electron chi connectivity index (χ1n) is 5.28. The van der Waals surface area contributed by atoms with Crippen LogP contribution in [0.15, 0.2) is 17.1 Å². The number of aromatic nitrogens is 2. The maximum Gasteiger partial charge on any atom is 0.351 e. The summed E-state index contributed by atoms with van der Waals surface area (Å²) in [6, 6.07) is 1.48. The van der Waals surface area contributed by atoms with Gasteiger partial charge in [0.2, 0.25) is 0 Å². The minimum atomic E-state index is -0.778. The predicted molar refractivity (Wildman–Crippen MR) is 66.3 cm³/mol. The number of alkyl halides is 1. The van der Waals surface area contributed by atoms with Crippen LogP contribution in [0.2, 0.25) is 0 Å². The smallest absolute Gasteiger partial charge is 0.351 e. The molecule has 0 spiro atoms. The molecule has 0 amide bonds. The van der Waals surface area contributed by atoms with Gasteiger partial charge in [-0.1, -0.05) is 0 Å². The van der Waals surface area contributed by atoms with Crippen molar-refractivity contribution in [3.8, 4) is 0 Å². The normalized spacial score (nSPS) is 26.6. The van der Waals surface area contributed by atoms with Gasteiger partial charge in [0.25, 0.3) is 0 Å². The predicted octanol–water partition coefficient (Wildman–Crippen LogP) is -0.679. The van der Waals surface area contributed by atoms with E-state index in [0.29, 0.717) is 0 Å². The Morgan fingerprint density at radius 2 is 2.33 bits per heavy atom. The van der Waals surface area contributed by atoms with E-state index in [4.69, 9.17) is 15.6 Å².